The molecule has 4 rings (SSSR count). The van der Waals surface area contributed by atoms with Crippen LogP contribution in [-0.4, -0.2) is 94.5 Å². The number of nitrogens with one attached hydrogen (secondary N) is 1. The predicted octanol–water partition coefficient (Wildman–Crippen LogP) is -0.107. The highest BCUT2D eigenvalue weighted by Gasteiger charge is 2.29. The number of aromatic amines is 1. The Morgan fingerprint density at radius 3 is 2.84 bits per heavy atom. The third kappa shape index (κ3) is 3.24. The van der Waals surface area contributed by atoms with Crippen LogP contribution < -0.4 is 4.90 Å². The Hall–Kier alpha value is -2.39. The van der Waals surface area contributed by atoms with E-state index in [0.717, 1.165) is 16.9 Å². The number of aromatic nitrogens is 3. The summed E-state index contributed by atoms with van der Waals surface area (Å²) in [4.78, 5) is 29.9. The lowest BCUT2D eigenvalue weighted by Gasteiger charge is -2.32. The number of carbonyl (C=O) groups is 1. The zero-order valence-electron chi connectivity index (χ0n) is 14.0. The first-order valence-electron chi connectivity index (χ1n) is 8.55. The molecule has 0 aliphatic carbocycles. The van der Waals surface area contributed by atoms with Gasteiger partial charge in [-0.25, -0.2) is 14.8 Å². The monoisotopic (exact) mass is 346 g/mol. The van der Waals surface area contributed by atoms with E-state index in [-0.39, 0.29) is 6.03 Å². The molecule has 25 heavy (non-hydrogen) atoms. The van der Waals surface area contributed by atoms with Gasteiger partial charge < -0.3 is 29.5 Å². The molecule has 2 N–H and O–H groups in total. The van der Waals surface area contributed by atoms with Gasteiger partial charge in [0.2, 0.25) is 0 Å². The minimum atomic E-state index is -0.628. The molecule has 134 valence electrons. The van der Waals surface area contributed by atoms with Crippen LogP contribution in [0.15, 0.2) is 18.6 Å². The maximum atomic E-state index is 12.7. The summed E-state index contributed by atoms with van der Waals surface area (Å²) in [6.07, 6.45) is 2.71. The highest BCUT2D eigenvalue weighted by atomic mass is 16.5. The first-order chi connectivity index (χ1) is 12.2. The molecule has 0 spiro atoms. The summed E-state index contributed by atoms with van der Waals surface area (Å²) in [5.74, 6) is 0.783. The lowest BCUT2D eigenvalue weighted by Crippen LogP contribution is -2.50. The van der Waals surface area contributed by atoms with Gasteiger partial charge in [0.05, 0.1) is 31.2 Å². The molecule has 2 fully saturated rings. The largest absolute Gasteiger partial charge is 0.389 e. The number of hydrogen-bond acceptors (Lipinski definition) is 6. The zero-order valence-corrected chi connectivity index (χ0v) is 14.0. The van der Waals surface area contributed by atoms with Crippen LogP contribution in [0.25, 0.3) is 11.0 Å². The summed E-state index contributed by atoms with van der Waals surface area (Å²) in [6.45, 7) is 4.27. The Balaban J connectivity index is 1.51. The maximum absolute atomic E-state index is 12.7. The molecule has 2 saturated heterocycles. The molecule has 0 aromatic carbocycles. The molecule has 9 heteroatoms. The van der Waals surface area contributed by atoms with Gasteiger partial charge in [0.15, 0.2) is 0 Å². The number of β-amino-alcohol motifs (C(OH)–C–C–N with tert-alkyl or cyclic N) is 1. The zero-order chi connectivity index (χ0) is 17.2. The van der Waals surface area contributed by atoms with Crippen molar-refractivity contribution in [3.63, 3.8) is 0 Å². The summed E-state index contributed by atoms with van der Waals surface area (Å²) < 4.78 is 5.30. The Morgan fingerprint density at radius 2 is 2.00 bits per heavy atom. The quantitative estimate of drug-likeness (QED) is 0.748. The average molecular weight is 346 g/mol. The number of urea groups is 1. The van der Waals surface area contributed by atoms with Gasteiger partial charge in [0.1, 0.15) is 17.8 Å². The first kappa shape index (κ1) is 16.1. The van der Waals surface area contributed by atoms with E-state index < -0.39 is 6.10 Å². The van der Waals surface area contributed by atoms with E-state index in [1.54, 1.807) is 9.80 Å². The first-order valence-corrected chi connectivity index (χ1v) is 8.55. The predicted molar refractivity (Wildman–Crippen MR) is 91.5 cm³/mol. The fourth-order valence-corrected chi connectivity index (χ4v) is 3.42. The van der Waals surface area contributed by atoms with Crippen molar-refractivity contribution in [2.24, 2.45) is 0 Å². The number of aliphatic hydroxyl groups excluding tert-OH is 1. The third-order valence-corrected chi connectivity index (χ3v) is 4.69. The van der Waals surface area contributed by atoms with Gasteiger partial charge >= 0.3 is 6.03 Å². The second kappa shape index (κ2) is 6.85. The van der Waals surface area contributed by atoms with Crippen LogP contribution in [0.3, 0.4) is 0 Å². The van der Waals surface area contributed by atoms with Crippen molar-refractivity contribution in [1.82, 2.24) is 24.8 Å². The van der Waals surface area contributed by atoms with E-state index in [0.29, 0.717) is 52.5 Å². The number of H-pyrrole nitrogens is 1. The summed E-state index contributed by atoms with van der Waals surface area (Å²) in [5.41, 5.74) is 0.769. The Bertz CT molecular complexity index is 744. The van der Waals surface area contributed by atoms with Gasteiger partial charge in [-0.15, -0.1) is 0 Å². The second-order valence-corrected chi connectivity index (χ2v) is 6.37. The minimum absolute atomic E-state index is 0.0290. The smallest absolute Gasteiger partial charge is 0.320 e. The number of fused-ring (bicyclic) bond motifs is 1. The Kier molecular flexibility index (Phi) is 4.41. The standard InChI is InChI=1S/C16H22N6O3/c23-12-9-21(15-13-1-2-17-14(13)18-11-19-15)3-4-22(10-12)16(24)20-5-7-25-8-6-20/h1-2,11-12,23H,3-10H2,(H,17,18,19). The number of carbonyl (C=O) groups excluding carboxylic acids is 1. The molecule has 0 radical (unpaired) electrons. The van der Waals surface area contributed by atoms with Crippen LogP contribution in [0.1, 0.15) is 0 Å². The van der Waals surface area contributed by atoms with Crippen molar-refractivity contribution in [3.05, 3.63) is 18.6 Å². The molecule has 2 aromatic heterocycles. The number of morpholine rings is 1. The van der Waals surface area contributed by atoms with Crippen molar-refractivity contribution in [2.45, 2.75) is 6.10 Å². The van der Waals surface area contributed by atoms with Gasteiger partial charge in [-0.05, 0) is 6.07 Å². The third-order valence-electron chi connectivity index (χ3n) is 4.69. The fraction of sp³-hybridized carbons (Fsp3) is 0.562. The van der Waals surface area contributed by atoms with Crippen LogP contribution in [0, 0.1) is 0 Å². The van der Waals surface area contributed by atoms with E-state index in [9.17, 15) is 9.90 Å². The van der Waals surface area contributed by atoms with E-state index in [4.69, 9.17) is 4.74 Å². The number of amides is 2. The fourth-order valence-electron chi connectivity index (χ4n) is 3.42. The molecular formula is C16H22N6O3. The van der Waals surface area contributed by atoms with Crippen LogP contribution in [0.4, 0.5) is 10.6 Å². The molecule has 2 aromatic rings. The molecule has 2 aliphatic rings. The molecule has 0 saturated carbocycles. The lowest BCUT2D eigenvalue weighted by molar-refractivity contribution is 0.0400. The molecule has 9 nitrogen and oxygen atoms in total. The highest BCUT2D eigenvalue weighted by Crippen LogP contribution is 2.23. The van der Waals surface area contributed by atoms with Gasteiger partial charge in [-0.3, -0.25) is 0 Å². The van der Waals surface area contributed by atoms with E-state index in [1.165, 1.54) is 6.33 Å². The maximum Gasteiger partial charge on any atom is 0.320 e. The Labute approximate surface area is 145 Å². The molecule has 2 aliphatic heterocycles. The molecule has 1 unspecified atom stereocenters. The second-order valence-electron chi connectivity index (χ2n) is 6.37. The van der Waals surface area contributed by atoms with Crippen molar-refractivity contribution >= 4 is 22.9 Å². The van der Waals surface area contributed by atoms with Crippen molar-refractivity contribution in [1.29, 1.82) is 0 Å². The van der Waals surface area contributed by atoms with E-state index in [2.05, 4.69) is 15.0 Å². The highest BCUT2D eigenvalue weighted by molar-refractivity contribution is 5.87. The van der Waals surface area contributed by atoms with E-state index >= 15 is 0 Å². The number of ether oxygens (including phenoxy) is 1. The topological polar surface area (TPSA) is 97.8 Å². The summed E-state index contributed by atoms with van der Waals surface area (Å²) in [7, 11) is 0. The molecule has 1 atom stereocenters. The van der Waals surface area contributed by atoms with Gasteiger partial charge in [0, 0.05) is 38.9 Å². The lowest BCUT2D eigenvalue weighted by atomic mass is 10.3. The number of anilines is 1. The van der Waals surface area contributed by atoms with Crippen LogP contribution in [0.2, 0.25) is 0 Å². The summed E-state index contributed by atoms with van der Waals surface area (Å²) in [6, 6.07) is 1.90. The summed E-state index contributed by atoms with van der Waals surface area (Å²) in [5, 5.41) is 11.4. The van der Waals surface area contributed by atoms with Gasteiger partial charge in [-0.1, -0.05) is 0 Å². The molecule has 0 bridgehead atoms. The van der Waals surface area contributed by atoms with Gasteiger partial charge in [0.25, 0.3) is 0 Å². The van der Waals surface area contributed by atoms with Crippen LogP contribution in [0.5, 0.6) is 0 Å². The average Bonchev–Trinajstić information content (AvgIpc) is 3.04. The molecule has 2 amide bonds. The molecular weight excluding hydrogens is 324 g/mol. The summed E-state index contributed by atoms with van der Waals surface area (Å²) >= 11 is 0. The van der Waals surface area contributed by atoms with E-state index in [1.807, 2.05) is 17.2 Å². The number of hydrogen-bond donors (Lipinski definition) is 2. The Morgan fingerprint density at radius 1 is 1.16 bits per heavy atom. The van der Waals surface area contributed by atoms with Crippen LogP contribution >= 0.6 is 0 Å². The van der Waals surface area contributed by atoms with Crippen molar-refractivity contribution in [3.8, 4) is 0 Å². The van der Waals surface area contributed by atoms with Crippen molar-refractivity contribution < 1.29 is 14.6 Å². The number of rotatable bonds is 1. The normalized spacial score (nSPS) is 22.3. The number of aliphatic hydroxyl groups is 1. The number of nitrogens with zero attached hydrogens (tertiary/aromatic N) is 5. The van der Waals surface area contributed by atoms with Crippen molar-refractivity contribution in [2.75, 3.05) is 57.4 Å². The van der Waals surface area contributed by atoms with Gasteiger partial charge in [-0.2, -0.15) is 0 Å². The molecule has 4 heterocycles. The minimum Gasteiger partial charge on any atom is -0.389 e. The SMILES string of the molecule is O=C(N1CCOCC1)N1CCN(c2ncnc3[nH]ccc23)CC(O)C1. The van der Waals surface area contributed by atoms with Crippen LogP contribution in [-0.2, 0) is 4.74 Å².